The first-order chi connectivity index (χ1) is 8.59. The molecule has 1 atom stereocenters. The van der Waals surface area contributed by atoms with Crippen LogP contribution in [0.15, 0.2) is 0 Å². The van der Waals surface area contributed by atoms with Crippen molar-refractivity contribution >= 4 is 17.8 Å². The van der Waals surface area contributed by atoms with Gasteiger partial charge in [-0.05, 0) is 19.3 Å². The number of carboxylic acids is 1. The van der Waals surface area contributed by atoms with E-state index in [-0.39, 0.29) is 30.7 Å². The van der Waals surface area contributed by atoms with Crippen molar-refractivity contribution in [2.75, 3.05) is 19.8 Å². The Morgan fingerprint density at radius 3 is 2.39 bits per heavy atom. The Labute approximate surface area is 105 Å². The molecule has 2 amide bonds. The van der Waals surface area contributed by atoms with E-state index in [1.807, 2.05) is 0 Å². The van der Waals surface area contributed by atoms with Crippen LogP contribution in [0.3, 0.4) is 0 Å². The molecule has 0 aliphatic carbocycles. The Balaban J connectivity index is 1.95. The van der Waals surface area contributed by atoms with Crippen molar-refractivity contribution in [3.63, 3.8) is 0 Å². The van der Waals surface area contributed by atoms with Crippen molar-refractivity contribution in [2.24, 2.45) is 11.8 Å². The van der Waals surface area contributed by atoms with Gasteiger partial charge in [0.1, 0.15) is 0 Å². The molecule has 2 rings (SSSR count). The molecule has 6 nitrogen and oxygen atoms in total. The fraction of sp³-hybridized carbons (Fsp3) is 0.750. The third kappa shape index (κ3) is 2.69. The maximum atomic E-state index is 12.1. The molecule has 0 bridgehead atoms. The Bertz CT molecular complexity index is 361. The molecule has 2 saturated heterocycles. The number of hydrogen-bond donors (Lipinski definition) is 1. The Morgan fingerprint density at radius 2 is 1.83 bits per heavy atom. The van der Waals surface area contributed by atoms with E-state index in [2.05, 4.69) is 0 Å². The predicted molar refractivity (Wildman–Crippen MR) is 60.6 cm³/mol. The highest BCUT2D eigenvalue weighted by molar-refractivity contribution is 5.98. The van der Waals surface area contributed by atoms with E-state index in [1.165, 1.54) is 4.90 Å². The lowest BCUT2D eigenvalue weighted by Gasteiger charge is -2.32. The number of nitrogens with zero attached hydrogens (tertiary/aromatic N) is 1. The minimum atomic E-state index is -0.957. The molecule has 2 fully saturated rings. The topological polar surface area (TPSA) is 83.9 Å². The van der Waals surface area contributed by atoms with E-state index in [4.69, 9.17) is 9.84 Å². The van der Waals surface area contributed by atoms with Gasteiger partial charge in [-0.15, -0.1) is 0 Å². The summed E-state index contributed by atoms with van der Waals surface area (Å²) in [5.41, 5.74) is 0. The van der Waals surface area contributed by atoms with Crippen molar-refractivity contribution in [2.45, 2.75) is 25.7 Å². The van der Waals surface area contributed by atoms with E-state index in [0.717, 1.165) is 0 Å². The summed E-state index contributed by atoms with van der Waals surface area (Å²) < 4.78 is 5.18. The average Bonchev–Trinajstić information content (AvgIpc) is 2.38. The first-order valence-electron chi connectivity index (χ1n) is 6.24. The molecule has 100 valence electrons. The van der Waals surface area contributed by atoms with Crippen LogP contribution < -0.4 is 0 Å². The van der Waals surface area contributed by atoms with Crippen LogP contribution in [0.25, 0.3) is 0 Å². The van der Waals surface area contributed by atoms with Gasteiger partial charge >= 0.3 is 5.97 Å². The summed E-state index contributed by atoms with van der Waals surface area (Å²) in [5, 5.41) is 8.86. The number of hydrogen-bond acceptors (Lipinski definition) is 4. The SMILES string of the molecule is O=C(O)C1CCN(C(=O)C2CCOCC2)C(=O)C1. The normalized spacial score (nSPS) is 26.1. The maximum absolute atomic E-state index is 12.1. The summed E-state index contributed by atoms with van der Waals surface area (Å²) in [6.45, 7) is 1.33. The minimum absolute atomic E-state index is 0.0652. The molecule has 0 aromatic carbocycles. The first kappa shape index (κ1) is 13.0. The fourth-order valence-corrected chi connectivity index (χ4v) is 2.44. The number of amides is 2. The lowest BCUT2D eigenvalue weighted by atomic mass is 9.93. The van der Waals surface area contributed by atoms with E-state index in [0.29, 0.717) is 32.5 Å². The number of carbonyl (C=O) groups excluding carboxylic acids is 2. The molecule has 18 heavy (non-hydrogen) atoms. The minimum Gasteiger partial charge on any atom is -0.481 e. The first-order valence-corrected chi connectivity index (χ1v) is 6.24. The Hall–Kier alpha value is -1.43. The molecule has 0 spiro atoms. The fourth-order valence-electron chi connectivity index (χ4n) is 2.44. The second kappa shape index (κ2) is 5.48. The smallest absolute Gasteiger partial charge is 0.307 e. The van der Waals surface area contributed by atoms with Gasteiger partial charge in [0, 0.05) is 32.1 Å². The van der Waals surface area contributed by atoms with Gasteiger partial charge in [0.2, 0.25) is 11.8 Å². The van der Waals surface area contributed by atoms with E-state index < -0.39 is 11.9 Å². The number of ether oxygens (including phenoxy) is 1. The lowest BCUT2D eigenvalue weighted by molar-refractivity contribution is -0.157. The maximum Gasteiger partial charge on any atom is 0.307 e. The largest absolute Gasteiger partial charge is 0.481 e. The number of carboxylic acid groups (broad SMARTS) is 1. The molecule has 1 N–H and O–H groups in total. The van der Waals surface area contributed by atoms with Crippen molar-refractivity contribution in [1.29, 1.82) is 0 Å². The van der Waals surface area contributed by atoms with Crippen molar-refractivity contribution < 1.29 is 24.2 Å². The molecule has 6 heteroatoms. The number of likely N-dealkylation sites (tertiary alicyclic amines) is 1. The highest BCUT2D eigenvalue weighted by atomic mass is 16.5. The van der Waals surface area contributed by atoms with Crippen LogP contribution in [0.5, 0.6) is 0 Å². The molecular formula is C12H17NO5. The summed E-state index contributed by atoms with van der Waals surface area (Å²) in [6, 6.07) is 0. The average molecular weight is 255 g/mol. The van der Waals surface area contributed by atoms with Crippen LogP contribution in [0, 0.1) is 11.8 Å². The van der Waals surface area contributed by atoms with Crippen LogP contribution in [-0.4, -0.2) is 47.5 Å². The van der Waals surface area contributed by atoms with Gasteiger partial charge < -0.3 is 9.84 Å². The zero-order valence-electron chi connectivity index (χ0n) is 10.1. The van der Waals surface area contributed by atoms with Gasteiger partial charge in [0.25, 0.3) is 0 Å². The zero-order chi connectivity index (χ0) is 13.1. The molecule has 0 saturated carbocycles. The molecule has 0 aromatic heterocycles. The van der Waals surface area contributed by atoms with E-state index in [9.17, 15) is 14.4 Å². The predicted octanol–water partition coefficient (Wildman–Crippen LogP) is 0.263. The van der Waals surface area contributed by atoms with Crippen molar-refractivity contribution in [1.82, 2.24) is 4.90 Å². The summed E-state index contributed by atoms with van der Waals surface area (Å²) >= 11 is 0. The van der Waals surface area contributed by atoms with Crippen LogP contribution in [-0.2, 0) is 19.1 Å². The van der Waals surface area contributed by atoms with Crippen LogP contribution in [0.4, 0.5) is 0 Å². The van der Waals surface area contributed by atoms with Gasteiger partial charge in [0.05, 0.1) is 5.92 Å². The monoisotopic (exact) mass is 255 g/mol. The summed E-state index contributed by atoms with van der Waals surface area (Å²) in [4.78, 5) is 36.0. The van der Waals surface area contributed by atoms with Crippen molar-refractivity contribution in [3.8, 4) is 0 Å². The van der Waals surface area contributed by atoms with Gasteiger partial charge in [0.15, 0.2) is 0 Å². The molecule has 0 radical (unpaired) electrons. The Morgan fingerprint density at radius 1 is 1.17 bits per heavy atom. The number of aliphatic carboxylic acids is 1. The van der Waals surface area contributed by atoms with Crippen molar-refractivity contribution in [3.05, 3.63) is 0 Å². The molecule has 2 aliphatic heterocycles. The lowest BCUT2D eigenvalue weighted by Crippen LogP contribution is -2.47. The standard InChI is InChI=1S/C12H17NO5/c14-10-7-9(12(16)17)1-4-13(10)11(15)8-2-5-18-6-3-8/h8-9H,1-7H2,(H,16,17). The second-order valence-corrected chi connectivity index (χ2v) is 4.80. The van der Waals surface area contributed by atoms with Crippen LogP contribution in [0.2, 0.25) is 0 Å². The second-order valence-electron chi connectivity index (χ2n) is 4.80. The molecular weight excluding hydrogens is 238 g/mol. The van der Waals surface area contributed by atoms with Gasteiger partial charge in [-0.25, -0.2) is 0 Å². The van der Waals surface area contributed by atoms with Crippen LogP contribution >= 0.6 is 0 Å². The van der Waals surface area contributed by atoms with Gasteiger partial charge in [-0.1, -0.05) is 0 Å². The number of piperidine rings is 1. The summed E-state index contributed by atoms with van der Waals surface area (Å²) in [5.74, 6) is -2.26. The quantitative estimate of drug-likeness (QED) is 0.716. The van der Waals surface area contributed by atoms with Crippen LogP contribution in [0.1, 0.15) is 25.7 Å². The number of imide groups is 1. The highest BCUT2D eigenvalue weighted by Crippen LogP contribution is 2.23. The number of rotatable bonds is 2. The number of carbonyl (C=O) groups is 3. The molecule has 0 aromatic rings. The molecule has 1 unspecified atom stereocenters. The van der Waals surface area contributed by atoms with E-state index in [1.54, 1.807) is 0 Å². The zero-order valence-corrected chi connectivity index (χ0v) is 10.1. The van der Waals surface area contributed by atoms with Gasteiger partial charge in [-0.2, -0.15) is 0 Å². The molecule has 2 heterocycles. The third-order valence-corrected chi connectivity index (χ3v) is 3.61. The Kier molecular flexibility index (Phi) is 3.96. The molecule has 2 aliphatic rings. The third-order valence-electron chi connectivity index (χ3n) is 3.61. The van der Waals surface area contributed by atoms with E-state index >= 15 is 0 Å². The summed E-state index contributed by atoms with van der Waals surface area (Å²) in [7, 11) is 0. The highest BCUT2D eigenvalue weighted by Gasteiger charge is 2.36. The van der Waals surface area contributed by atoms with Gasteiger partial charge in [-0.3, -0.25) is 19.3 Å². The summed E-state index contributed by atoms with van der Waals surface area (Å²) in [6.07, 6.45) is 1.58.